The van der Waals surface area contributed by atoms with Gasteiger partial charge in [0, 0.05) is 0 Å². The fourth-order valence-corrected chi connectivity index (χ4v) is 4.78. The lowest BCUT2D eigenvalue weighted by atomic mass is 9.83. The first-order valence-corrected chi connectivity index (χ1v) is 9.73. The molecule has 0 aromatic heterocycles. The Labute approximate surface area is 148 Å². The highest BCUT2D eigenvalue weighted by atomic mass is 16.6. The number of fused-ring (bicyclic) bond motifs is 2. The molecule has 6 heteroatoms. The van der Waals surface area contributed by atoms with Gasteiger partial charge in [-0.1, -0.05) is 12.2 Å². The number of nitrogens with one attached hydrogen (secondary N) is 2. The van der Waals surface area contributed by atoms with Crippen LogP contribution in [0.4, 0.5) is 0 Å². The number of rotatable bonds is 4. The molecule has 138 valence electrons. The largest absolute Gasteiger partial charge is 0.462 e. The molecule has 2 heterocycles. The highest BCUT2D eigenvalue weighted by Crippen LogP contribution is 2.49. The molecular formula is C19H28N2O4. The number of allylic oxidation sites excluding steroid dienone is 2. The highest BCUT2D eigenvalue weighted by molar-refractivity contribution is 5.84. The van der Waals surface area contributed by atoms with Crippen LogP contribution in [0.3, 0.4) is 0 Å². The van der Waals surface area contributed by atoms with Crippen molar-refractivity contribution in [3.8, 4) is 0 Å². The van der Waals surface area contributed by atoms with Crippen LogP contribution in [-0.4, -0.2) is 50.3 Å². The zero-order valence-corrected chi connectivity index (χ0v) is 14.6. The normalized spacial score (nSPS) is 35.7. The van der Waals surface area contributed by atoms with Gasteiger partial charge in [-0.2, -0.15) is 0 Å². The van der Waals surface area contributed by atoms with Gasteiger partial charge in [-0.05, 0) is 70.1 Å². The van der Waals surface area contributed by atoms with E-state index in [2.05, 4.69) is 22.8 Å². The van der Waals surface area contributed by atoms with E-state index in [1.54, 1.807) is 0 Å². The monoisotopic (exact) mass is 348 g/mol. The summed E-state index contributed by atoms with van der Waals surface area (Å²) >= 11 is 0. The summed E-state index contributed by atoms with van der Waals surface area (Å²) < 4.78 is 11.5. The molecule has 0 spiro atoms. The fraction of sp³-hybridized carbons (Fsp3) is 0.789. The third-order valence-corrected chi connectivity index (χ3v) is 6.14. The highest BCUT2D eigenvalue weighted by Gasteiger charge is 2.53. The first kappa shape index (κ1) is 17.0. The van der Waals surface area contributed by atoms with Crippen molar-refractivity contribution >= 4 is 11.9 Å². The van der Waals surface area contributed by atoms with Crippen molar-refractivity contribution in [1.29, 1.82) is 0 Å². The van der Waals surface area contributed by atoms with E-state index in [1.165, 1.54) is 0 Å². The Bertz CT molecular complexity index is 492. The van der Waals surface area contributed by atoms with Gasteiger partial charge >= 0.3 is 11.9 Å². The molecule has 0 aromatic carbocycles. The Morgan fingerprint density at radius 1 is 0.720 bits per heavy atom. The summed E-state index contributed by atoms with van der Waals surface area (Å²) in [6.45, 7) is 3.54. The molecule has 3 fully saturated rings. The average Bonchev–Trinajstić information content (AvgIpc) is 3.24. The standard InChI is InChI=1S/C19H28N2O4/c22-18(24-14-3-7-20-8-4-14)16-12-1-2-13(11-12)17(16)19(23)25-15-5-9-21-10-6-15/h1-2,12-17,20-21H,3-11H2. The molecular weight excluding hydrogens is 320 g/mol. The van der Waals surface area contributed by atoms with Crippen molar-refractivity contribution in [3.63, 3.8) is 0 Å². The Hall–Kier alpha value is -1.40. The summed E-state index contributed by atoms with van der Waals surface area (Å²) in [5, 5.41) is 6.55. The van der Waals surface area contributed by atoms with E-state index in [0.29, 0.717) is 0 Å². The molecule has 4 atom stereocenters. The van der Waals surface area contributed by atoms with E-state index < -0.39 is 0 Å². The molecule has 4 aliphatic rings. The summed E-state index contributed by atoms with van der Waals surface area (Å²) in [6.07, 6.45) is 8.44. The lowest BCUT2D eigenvalue weighted by Gasteiger charge is -2.30. The zero-order chi connectivity index (χ0) is 17.2. The van der Waals surface area contributed by atoms with Crippen molar-refractivity contribution in [2.75, 3.05) is 26.2 Å². The van der Waals surface area contributed by atoms with Crippen LogP contribution in [0.5, 0.6) is 0 Å². The van der Waals surface area contributed by atoms with Crippen molar-refractivity contribution in [2.24, 2.45) is 23.7 Å². The maximum Gasteiger partial charge on any atom is 0.310 e. The van der Waals surface area contributed by atoms with Crippen molar-refractivity contribution in [1.82, 2.24) is 10.6 Å². The maximum absolute atomic E-state index is 12.8. The SMILES string of the molecule is O=C(OC1CCNCC1)C1C2C=CC(C2)C1C(=O)OC1CCNCC1. The molecule has 2 aliphatic carbocycles. The number of piperidine rings is 2. The summed E-state index contributed by atoms with van der Waals surface area (Å²) in [7, 11) is 0. The predicted octanol–water partition coefficient (Wildman–Crippen LogP) is 1.02. The van der Waals surface area contributed by atoms with Crippen LogP contribution < -0.4 is 10.6 Å². The van der Waals surface area contributed by atoms with Crippen LogP contribution in [0.15, 0.2) is 12.2 Å². The second kappa shape index (κ2) is 7.46. The number of esters is 2. The smallest absolute Gasteiger partial charge is 0.310 e. The minimum atomic E-state index is -0.362. The van der Waals surface area contributed by atoms with Gasteiger partial charge in [0.2, 0.25) is 0 Å². The fourth-order valence-electron chi connectivity index (χ4n) is 4.78. The van der Waals surface area contributed by atoms with Crippen molar-refractivity contribution in [2.45, 2.75) is 44.3 Å². The Morgan fingerprint density at radius 3 is 1.52 bits per heavy atom. The van der Waals surface area contributed by atoms with Gasteiger partial charge in [0.25, 0.3) is 0 Å². The van der Waals surface area contributed by atoms with Crippen molar-refractivity contribution < 1.29 is 19.1 Å². The Morgan fingerprint density at radius 2 is 1.12 bits per heavy atom. The van der Waals surface area contributed by atoms with E-state index in [0.717, 1.165) is 58.3 Å². The number of hydrogen-bond acceptors (Lipinski definition) is 6. The predicted molar refractivity (Wildman–Crippen MR) is 91.7 cm³/mol. The topological polar surface area (TPSA) is 76.7 Å². The summed E-state index contributed by atoms with van der Waals surface area (Å²) in [6, 6.07) is 0. The van der Waals surface area contributed by atoms with Crippen LogP contribution in [0.25, 0.3) is 0 Å². The van der Waals surface area contributed by atoms with Crippen LogP contribution in [0.1, 0.15) is 32.1 Å². The second-order valence-electron chi connectivity index (χ2n) is 7.77. The van der Waals surface area contributed by atoms with Gasteiger partial charge in [-0.25, -0.2) is 0 Å². The van der Waals surface area contributed by atoms with Crippen LogP contribution in [0, 0.1) is 23.7 Å². The molecule has 4 unspecified atom stereocenters. The minimum absolute atomic E-state index is 0.0158. The van der Waals surface area contributed by atoms with E-state index in [4.69, 9.17) is 9.47 Å². The Balaban J connectivity index is 1.41. The molecule has 4 rings (SSSR count). The molecule has 6 nitrogen and oxygen atoms in total. The molecule has 25 heavy (non-hydrogen) atoms. The lowest BCUT2D eigenvalue weighted by Crippen LogP contribution is -2.41. The second-order valence-corrected chi connectivity index (χ2v) is 7.77. The number of ether oxygens (including phenoxy) is 2. The zero-order valence-electron chi connectivity index (χ0n) is 14.6. The minimum Gasteiger partial charge on any atom is -0.462 e. The number of hydrogen-bond donors (Lipinski definition) is 2. The van der Waals surface area contributed by atoms with Gasteiger partial charge in [0.1, 0.15) is 12.2 Å². The summed E-state index contributed by atoms with van der Waals surface area (Å²) in [5.74, 6) is -0.861. The molecule has 2 aliphatic heterocycles. The number of carbonyl (C=O) groups is 2. The maximum atomic E-state index is 12.8. The molecule has 0 aromatic rings. The molecule has 2 saturated heterocycles. The van der Waals surface area contributed by atoms with Gasteiger partial charge in [0.15, 0.2) is 0 Å². The van der Waals surface area contributed by atoms with E-state index in [9.17, 15) is 9.59 Å². The quantitative estimate of drug-likeness (QED) is 0.583. The van der Waals surface area contributed by atoms with E-state index in [-0.39, 0.29) is 47.8 Å². The van der Waals surface area contributed by atoms with Gasteiger partial charge in [0.05, 0.1) is 11.8 Å². The van der Waals surface area contributed by atoms with Gasteiger partial charge < -0.3 is 20.1 Å². The van der Waals surface area contributed by atoms with Crippen LogP contribution >= 0.6 is 0 Å². The molecule has 2 bridgehead atoms. The Kier molecular flexibility index (Phi) is 5.08. The third-order valence-electron chi connectivity index (χ3n) is 6.14. The molecule has 0 radical (unpaired) electrons. The summed E-state index contributed by atoms with van der Waals surface area (Å²) in [4.78, 5) is 25.6. The molecule has 0 amide bonds. The first-order valence-electron chi connectivity index (χ1n) is 9.73. The summed E-state index contributed by atoms with van der Waals surface area (Å²) in [5.41, 5.74) is 0. The van der Waals surface area contributed by atoms with E-state index in [1.807, 2.05) is 0 Å². The van der Waals surface area contributed by atoms with Crippen LogP contribution in [0.2, 0.25) is 0 Å². The first-order chi connectivity index (χ1) is 12.2. The van der Waals surface area contributed by atoms with Crippen LogP contribution in [-0.2, 0) is 19.1 Å². The van der Waals surface area contributed by atoms with Gasteiger partial charge in [-0.3, -0.25) is 9.59 Å². The van der Waals surface area contributed by atoms with Gasteiger partial charge in [-0.15, -0.1) is 0 Å². The molecule has 1 saturated carbocycles. The van der Waals surface area contributed by atoms with Crippen molar-refractivity contribution in [3.05, 3.63) is 12.2 Å². The van der Waals surface area contributed by atoms with E-state index >= 15 is 0 Å². The number of carbonyl (C=O) groups excluding carboxylic acids is 2. The molecule has 2 N–H and O–H groups in total. The third kappa shape index (κ3) is 3.60. The lowest BCUT2D eigenvalue weighted by molar-refractivity contribution is -0.168. The average molecular weight is 348 g/mol.